The van der Waals surface area contributed by atoms with Gasteiger partial charge in [0.25, 0.3) is 0 Å². The lowest BCUT2D eigenvalue weighted by molar-refractivity contribution is 1.23. The summed E-state index contributed by atoms with van der Waals surface area (Å²) in [5.74, 6) is 0. The fourth-order valence-corrected chi connectivity index (χ4v) is 1.12. The third kappa shape index (κ3) is 2.81. The second kappa shape index (κ2) is 4.24. The van der Waals surface area contributed by atoms with Crippen LogP contribution in [0.25, 0.3) is 6.08 Å². The van der Waals surface area contributed by atoms with E-state index in [1.807, 2.05) is 12.1 Å². The minimum atomic E-state index is 1.02. The zero-order valence-electron chi connectivity index (χ0n) is 6.62. The summed E-state index contributed by atoms with van der Waals surface area (Å²) in [4.78, 5) is 1.02. The first kappa shape index (κ1) is 8.41. The fraction of sp³-hybridized carbons (Fsp3) is 0.200. The molecule has 0 saturated heterocycles. The van der Waals surface area contributed by atoms with Crippen LogP contribution in [0.5, 0.6) is 0 Å². The van der Waals surface area contributed by atoms with Crippen LogP contribution in [0.15, 0.2) is 35.2 Å². The van der Waals surface area contributed by atoms with Crippen molar-refractivity contribution < 1.29 is 0 Å². The zero-order valence-corrected chi connectivity index (χ0v) is 7.51. The maximum absolute atomic E-state index is 4.24. The van der Waals surface area contributed by atoms with Crippen LogP contribution in [0, 0.1) is 0 Å². The van der Waals surface area contributed by atoms with Gasteiger partial charge in [-0.3, -0.25) is 0 Å². The molecule has 0 heterocycles. The maximum atomic E-state index is 4.24. The molecule has 0 aliphatic heterocycles. The monoisotopic (exact) mass is 164 g/mol. The Kier molecular flexibility index (Phi) is 3.24. The molecule has 0 aliphatic rings. The molecule has 0 amide bonds. The van der Waals surface area contributed by atoms with Gasteiger partial charge in [0.1, 0.15) is 0 Å². The Morgan fingerprint density at radius 2 is 2.27 bits per heavy atom. The minimum Gasteiger partial charge on any atom is -0.143 e. The number of benzene rings is 1. The van der Waals surface area contributed by atoms with E-state index in [1.165, 1.54) is 5.56 Å². The van der Waals surface area contributed by atoms with Crippen LogP contribution < -0.4 is 0 Å². The van der Waals surface area contributed by atoms with Gasteiger partial charge in [-0.15, -0.1) is 12.6 Å². The van der Waals surface area contributed by atoms with Gasteiger partial charge in [-0.2, -0.15) is 0 Å². The third-order valence-electron chi connectivity index (χ3n) is 1.42. The van der Waals surface area contributed by atoms with Crippen molar-refractivity contribution in [3.8, 4) is 0 Å². The van der Waals surface area contributed by atoms with E-state index in [0.29, 0.717) is 0 Å². The summed E-state index contributed by atoms with van der Waals surface area (Å²) in [5, 5.41) is 0. The summed E-state index contributed by atoms with van der Waals surface area (Å²) in [6.45, 7) is 2.13. The lowest BCUT2D eigenvalue weighted by Gasteiger charge is -1.93. The number of thiol groups is 1. The third-order valence-corrected chi connectivity index (χ3v) is 1.69. The Bertz CT molecular complexity index is 251. The summed E-state index contributed by atoms with van der Waals surface area (Å²) in [7, 11) is 0. The highest BCUT2D eigenvalue weighted by Crippen LogP contribution is 2.10. The van der Waals surface area contributed by atoms with E-state index in [9.17, 15) is 0 Å². The lowest BCUT2D eigenvalue weighted by atomic mass is 10.2. The van der Waals surface area contributed by atoms with Gasteiger partial charge in [-0.25, -0.2) is 0 Å². The van der Waals surface area contributed by atoms with Gasteiger partial charge in [0.15, 0.2) is 0 Å². The van der Waals surface area contributed by atoms with E-state index in [2.05, 4.69) is 43.8 Å². The van der Waals surface area contributed by atoms with E-state index in [1.54, 1.807) is 0 Å². The van der Waals surface area contributed by atoms with Gasteiger partial charge in [-0.1, -0.05) is 31.2 Å². The summed E-state index contributed by atoms with van der Waals surface area (Å²) < 4.78 is 0. The molecule has 1 aromatic carbocycles. The number of hydrogen-bond acceptors (Lipinski definition) is 1. The summed E-state index contributed by atoms with van der Waals surface area (Å²) in [6.07, 6.45) is 5.33. The standard InChI is InChI=1S/C10H12S/c1-2-3-5-9-6-4-7-10(11)8-9/h3-8,11H,2H2,1H3/b5-3+. The van der Waals surface area contributed by atoms with Crippen LogP contribution in [0.1, 0.15) is 18.9 Å². The first-order valence-corrected chi connectivity index (χ1v) is 4.23. The van der Waals surface area contributed by atoms with Crippen LogP contribution in [0.4, 0.5) is 0 Å². The molecule has 0 unspecified atom stereocenters. The summed E-state index contributed by atoms with van der Waals surface area (Å²) >= 11 is 4.24. The minimum absolute atomic E-state index is 1.02. The molecule has 0 bridgehead atoms. The molecule has 0 fully saturated rings. The van der Waals surface area contributed by atoms with Crippen molar-refractivity contribution in [3.63, 3.8) is 0 Å². The predicted molar refractivity (Wildman–Crippen MR) is 53.0 cm³/mol. The average molecular weight is 164 g/mol. The molecule has 0 nitrogen and oxygen atoms in total. The Balaban J connectivity index is 2.79. The molecule has 11 heavy (non-hydrogen) atoms. The second-order valence-corrected chi connectivity index (χ2v) is 2.92. The van der Waals surface area contributed by atoms with E-state index in [4.69, 9.17) is 0 Å². The van der Waals surface area contributed by atoms with Gasteiger partial charge in [0.2, 0.25) is 0 Å². The van der Waals surface area contributed by atoms with Crippen molar-refractivity contribution in [1.82, 2.24) is 0 Å². The van der Waals surface area contributed by atoms with Gasteiger partial charge in [0.05, 0.1) is 0 Å². The largest absolute Gasteiger partial charge is 0.143 e. The van der Waals surface area contributed by atoms with E-state index < -0.39 is 0 Å². The molecule has 0 aliphatic carbocycles. The van der Waals surface area contributed by atoms with Crippen LogP contribution in [-0.4, -0.2) is 0 Å². The Labute approximate surface area is 73.4 Å². The second-order valence-electron chi connectivity index (χ2n) is 2.41. The predicted octanol–water partition coefficient (Wildman–Crippen LogP) is 3.40. The Hall–Kier alpha value is -0.690. The molecule has 0 N–H and O–H groups in total. The first-order chi connectivity index (χ1) is 5.33. The smallest absolute Gasteiger partial charge is 0.00459 e. The van der Waals surface area contributed by atoms with E-state index in [-0.39, 0.29) is 0 Å². The van der Waals surface area contributed by atoms with Crippen molar-refractivity contribution in [3.05, 3.63) is 35.9 Å². The summed E-state index contributed by atoms with van der Waals surface area (Å²) in [5.41, 5.74) is 1.22. The lowest BCUT2D eigenvalue weighted by Crippen LogP contribution is -1.70. The highest BCUT2D eigenvalue weighted by Gasteiger charge is 1.85. The topological polar surface area (TPSA) is 0 Å². The van der Waals surface area contributed by atoms with Gasteiger partial charge >= 0.3 is 0 Å². The molecule has 0 aromatic heterocycles. The van der Waals surface area contributed by atoms with E-state index >= 15 is 0 Å². The molecule has 0 saturated carbocycles. The van der Waals surface area contributed by atoms with Crippen LogP contribution >= 0.6 is 12.6 Å². The van der Waals surface area contributed by atoms with Crippen molar-refractivity contribution in [2.24, 2.45) is 0 Å². The molecular weight excluding hydrogens is 152 g/mol. The molecule has 58 valence electrons. The molecule has 1 heteroatoms. The molecule has 1 rings (SSSR count). The van der Waals surface area contributed by atoms with Crippen LogP contribution in [0.2, 0.25) is 0 Å². The van der Waals surface area contributed by atoms with Gasteiger partial charge in [-0.05, 0) is 24.1 Å². The zero-order chi connectivity index (χ0) is 8.10. The van der Waals surface area contributed by atoms with Crippen molar-refractivity contribution >= 4 is 18.7 Å². The number of rotatable bonds is 2. The molecule has 1 aromatic rings. The number of allylic oxidation sites excluding steroid dienone is 1. The normalized spacial score (nSPS) is 10.7. The highest BCUT2D eigenvalue weighted by molar-refractivity contribution is 7.80. The molecular formula is C10H12S. The fourth-order valence-electron chi connectivity index (χ4n) is 0.882. The van der Waals surface area contributed by atoms with Crippen molar-refractivity contribution in [2.45, 2.75) is 18.2 Å². The average Bonchev–Trinajstić information content (AvgIpc) is 2.01. The van der Waals surface area contributed by atoms with Crippen molar-refractivity contribution in [2.75, 3.05) is 0 Å². The quantitative estimate of drug-likeness (QED) is 0.636. The van der Waals surface area contributed by atoms with Gasteiger partial charge < -0.3 is 0 Å². The van der Waals surface area contributed by atoms with Crippen LogP contribution in [-0.2, 0) is 0 Å². The number of hydrogen-bond donors (Lipinski definition) is 1. The maximum Gasteiger partial charge on any atom is 0.00459 e. The van der Waals surface area contributed by atoms with Crippen LogP contribution in [0.3, 0.4) is 0 Å². The van der Waals surface area contributed by atoms with Crippen molar-refractivity contribution in [1.29, 1.82) is 0 Å². The first-order valence-electron chi connectivity index (χ1n) is 3.78. The molecule has 0 atom stereocenters. The van der Waals surface area contributed by atoms with E-state index in [0.717, 1.165) is 11.3 Å². The van der Waals surface area contributed by atoms with Gasteiger partial charge in [0, 0.05) is 4.90 Å². The summed E-state index contributed by atoms with van der Waals surface area (Å²) in [6, 6.07) is 8.12. The molecule has 0 spiro atoms. The Morgan fingerprint density at radius 3 is 2.91 bits per heavy atom. The highest BCUT2D eigenvalue weighted by atomic mass is 32.1. The SMILES string of the molecule is CC/C=C/c1cccc(S)c1. The Morgan fingerprint density at radius 1 is 1.45 bits per heavy atom. The molecule has 0 radical (unpaired) electrons.